The van der Waals surface area contributed by atoms with Gasteiger partial charge in [-0.1, -0.05) is 41.9 Å². The van der Waals surface area contributed by atoms with Crippen molar-refractivity contribution < 1.29 is 0 Å². The van der Waals surface area contributed by atoms with E-state index in [2.05, 4.69) is 76.1 Å². The third kappa shape index (κ3) is 5.52. The number of aromatic nitrogens is 1. The average molecular weight is 362 g/mol. The van der Waals surface area contributed by atoms with E-state index < -0.39 is 0 Å². The molecule has 0 atom stereocenters. The summed E-state index contributed by atoms with van der Waals surface area (Å²) in [5.41, 5.74) is 8.61. The van der Waals surface area contributed by atoms with Crippen LogP contribution >= 0.6 is 15.9 Å². The maximum atomic E-state index is 5.92. The topological polar surface area (TPSA) is 42.1 Å². The molecular formula is C18H24BrN3. The van der Waals surface area contributed by atoms with Crippen molar-refractivity contribution in [2.75, 3.05) is 13.1 Å². The van der Waals surface area contributed by atoms with Crippen LogP contribution in [0.25, 0.3) is 0 Å². The minimum Gasteiger partial charge on any atom is -0.330 e. The van der Waals surface area contributed by atoms with Crippen LogP contribution < -0.4 is 5.73 Å². The third-order valence-electron chi connectivity index (χ3n) is 3.68. The molecule has 1 heterocycles. The summed E-state index contributed by atoms with van der Waals surface area (Å²) in [6.07, 6.45) is 3.70. The van der Waals surface area contributed by atoms with Gasteiger partial charge in [-0.15, -0.1) is 0 Å². The van der Waals surface area contributed by atoms with Crippen molar-refractivity contribution in [3.05, 3.63) is 64.4 Å². The Morgan fingerprint density at radius 2 is 1.55 bits per heavy atom. The first kappa shape index (κ1) is 17.1. The molecular weight excluding hydrogens is 338 g/mol. The zero-order chi connectivity index (χ0) is 16.0. The van der Waals surface area contributed by atoms with Crippen LogP contribution in [0.3, 0.4) is 0 Å². The third-order valence-corrected chi connectivity index (χ3v) is 4.21. The van der Waals surface area contributed by atoms with Crippen molar-refractivity contribution in [1.82, 2.24) is 9.88 Å². The van der Waals surface area contributed by atoms with Crippen LogP contribution in [0.4, 0.5) is 0 Å². The Labute approximate surface area is 141 Å². The Hall–Kier alpha value is -1.23. The van der Waals surface area contributed by atoms with Crippen molar-refractivity contribution in [2.24, 2.45) is 11.1 Å². The second-order valence-corrected chi connectivity index (χ2v) is 7.41. The summed E-state index contributed by atoms with van der Waals surface area (Å²) in [5, 5.41) is 0. The Morgan fingerprint density at radius 1 is 1.00 bits per heavy atom. The first-order valence-corrected chi connectivity index (χ1v) is 8.33. The highest BCUT2D eigenvalue weighted by molar-refractivity contribution is 9.10. The van der Waals surface area contributed by atoms with E-state index in [1.165, 1.54) is 11.1 Å². The van der Waals surface area contributed by atoms with Crippen LogP contribution in [0.15, 0.2) is 53.3 Å². The number of nitrogens with two attached hydrogens (primary N) is 1. The van der Waals surface area contributed by atoms with E-state index in [-0.39, 0.29) is 5.41 Å². The minimum atomic E-state index is 0.0996. The van der Waals surface area contributed by atoms with Gasteiger partial charge in [0.15, 0.2) is 0 Å². The van der Waals surface area contributed by atoms with Crippen molar-refractivity contribution in [3.8, 4) is 0 Å². The average Bonchev–Trinajstić information content (AvgIpc) is 2.50. The summed E-state index contributed by atoms with van der Waals surface area (Å²) in [6, 6.07) is 12.7. The van der Waals surface area contributed by atoms with Crippen molar-refractivity contribution in [2.45, 2.75) is 26.9 Å². The van der Waals surface area contributed by atoms with Gasteiger partial charge in [-0.2, -0.15) is 0 Å². The maximum absolute atomic E-state index is 5.92. The van der Waals surface area contributed by atoms with Gasteiger partial charge >= 0.3 is 0 Å². The maximum Gasteiger partial charge on any atom is 0.0271 e. The van der Waals surface area contributed by atoms with Crippen LogP contribution in [0, 0.1) is 5.41 Å². The van der Waals surface area contributed by atoms with E-state index in [4.69, 9.17) is 5.73 Å². The standard InChI is InChI=1S/C18H24BrN3/c1-18(2,13-20)14-22(12-16-7-9-21-10-8-16)11-15-3-5-17(19)6-4-15/h3-10H,11-14,20H2,1-2H3. The van der Waals surface area contributed by atoms with Gasteiger partial charge in [0.2, 0.25) is 0 Å². The van der Waals surface area contributed by atoms with E-state index in [1.54, 1.807) is 0 Å². The highest BCUT2D eigenvalue weighted by atomic mass is 79.9. The summed E-state index contributed by atoms with van der Waals surface area (Å²) in [5.74, 6) is 0. The van der Waals surface area contributed by atoms with Gasteiger partial charge in [-0.25, -0.2) is 0 Å². The molecule has 0 fully saturated rings. The molecule has 0 saturated heterocycles. The predicted octanol–water partition coefficient (Wildman–Crippen LogP) is 3.83. The number of nitrogens with zero attached hydrogens (tertiary/aromatic N) is 2. The highest BCUT2D eigenvalue weighted by Gasteiger charge is 2.20. The lowest BCUT2D eigenvalue weighted by molar-refractivity contribution is 0.168. The Bertz CT molecular complexity index is 567. The Balaban J connectivity index is 2.12. The molecule has 0 spiro atoms. The molecule has 0 amide bonds. The lowest BCUT2D eigenvalue weighted by atomic mass is 9.92. The molecule has 1 aromatic heterocycles. The second kappa shape index (κ2) is 7.86. The molecule has 3 nitrogen and oxygen atoms in total. The number of halogens is 1. The minimum absolute atomic E-state index is 0.0996. The quantitative estimate of drug-likeness (QED) is 0.814. The highest BCUT2D eigenvalue weighted by Crippen LogP contribution is 2.20. The molecule has 1 aromatic carbocycles. The first-order valence-electron chi connectivity index (χ1n) is 7.54. The van der Waals surface area contributed by atoms with Crippen molar-refractivity contribution in [1.29, 1.82) is 0 Å². The largest absolute Gasteiger partial charge is 0.330 e. The summed E-state index contributed by atoms with van der Waals surface area (Å²) >= 11 is 3.49. The molecule has 0 unspecified atom stereocenters. The van der Waals surface area contributed by atoms with E-state index in [1.807, 2.05) is 12.4 Å². The van der Waals surface area contributed by atoms with Crippen LogP contribution in [-0.2, 0) is 13.1 Å². The normalized spacial score (nSPS) is 11.9. The molecule has 4 heteroatoms. The molecule has 118 valence electrons. The fraction of sp³-hybridized carbons (Fsp3) is 0.389. The summed E-state index contributed by atoms with van der Waals surface area (Å²) < 4.78 is 1.11. The number of rotatable bonds is 7. The molecule has 22 heavy (non-hydrogen) atoms. The van der Waals surface area contributed by atoms with Gasteiger partial charge in [-0.05, 0) is 47.4 Å². The van der Waals surface area contributed by atoms with Gasteiger partial charge in [-0.3, -0.25) is 9.88 Å². The van der Waals surface area contributed by atoms with Crippen LogP contribution in [0.2, 0.25) is 0 Å². The molecule has 2 N–H and O–H groups in total. The van der Waals surface area contributed by atoms with Gasteiger partial charge in [0.05, 0.1) is 0 Å². The SMILES string of the molecule is CC(C)(CN)CN(Cc1ccncc1)Cc1ccc(Br)cc1. The van der Waals surface area contributed by atoms with Crippen LogP contribution in [0.5, 0.6) is 0 Å². The molecule has 0 aliphatic carbocycles. The van der Waals surface area contributed by atoms with Gasteiger partial charge in [0.25, 0.3) is 0 Å². The van der Waals surface area contributed by atoms with Gasteiger partial charge < -0.3 is 5.73 Å². The smallest absolute Gasteiger partial charge is 0.0271 e. The number of benzene rings is 1. The molecule has 0 saturated carbocycles. The van der Waals surface area contributed by atoms with E-state index in [0.717, 1.165) is 24.1 Å². The molecule has 0 aliphatic rings. The van der Waals surface area contributed by atoms with Crippen LogP contribution in [0.1, 0.15) is 25.0 Å². The molecule has 0 radical (unpaired) electrons. The lowest BCUT2D eigenvalue weighted by Gasteiger charge is -2.32. The first-order chi connectivity index (χ1) is 10.5. The van der Waals surface area contributed by atoms with E-state index >= 15 is 0 Å². The number of pyridine rings is 1. The van der Waals surface area contributed by atoms with E-state index in [0.29, 0.717) is 6.54 Å². The Morgan fingerprint density at radius 3 is 2.09 bits per heavy atom. The lowest BCUT2D eigenvalue weighted by Crippen LogP contribution is -2.38. The number of hydrogen-bond acceptors (Lipinski definition) is 3. The van der Waals surface area contributed by atoms with Gasteiger partial charge in [0.1, 0.15) is 0 Å². The molecule has 0 bridgehead atoms. The predicted molar refractivity (Wildman–Crippen MR) is 95.3 cm³/mol. The summed E-state index contributed by atoms with van der Waals surface area (Å²) in [6.45, 7) is 7.89. The van der Waals surface area contributed by atoms with Crippen LogP contribution in [-0.4, -0.2) is 23.0 Å². The monoisotopic (exact) mass is 361 g/mol. The van der Waals surface area contributed by atoms with Crippen molar-refractivity contribution >= 4 is 15.9 Å². The second-order valence-electron chi connectivity index (χ2n) is 6.50. The fourth-order valence-electron chi connectivity index (χ4n) is 2.43. The van der Waals surface area contributed by atoms with E-state index in [9.17, 15) is 0 Å². The van der Waals surface area contributed by atoms with Crippen molar-refractivity contribution in [3.63, 3.8) is 0 Å². The summed E-state index contributed by atoms with van der Waals surface area (Å²) in [4.78, 5) is 6.54. The molecule has 0 aliphatic heterocycles. The Kier molecular flexibility index (Phi) is 6.12. The zero-order valence-corrected chi connectivity index (χ0v) is 14.9. The summed E-state index contributed by atoms with van der Waals surface area (Å²) in [7, 11) is 0. The molecule has 2 rings (SSSR count). The molecule has 2 aromatic rings. The van der Waals surface area contributed by atoms with Gasteiger partial charge in [0, 0.05) is 36.5 Å². The number of hydrogen-bond donors (Lipinski definition) is 1. The fourth-order valence-corrected chi connectivity index (χ4v) is 2.70. The zero-order valence-electron chi connectivity index (χ0n) is 13.3.